The van der Waals surface area contributed by atoms with E-state index in [0.717, 1.165) is 22.3 Å². The van der Waals surface area contributed by atoms with Crippen molar-refractivity contribution in [1.82, 2.24) is 8.61 Å². The zero-order valence-corrected chi connectivity index (χ0v) is 14.2. The Balaban J connectivity index is 1.77. The molecule has 1 fully saturated rings. The lowest BCUT2D eigenvalue weighted by atomic mass is 9.97. The number of nitrogens with zero attached hydrogens (tertiary/aromatic N) is 2. The summed E-state index contributed by atoms with van der Waals surface area (Å²) in [5, 5.41) is 0. The second-order valence-electron chi connectivity index (χ2n) is 6.10. The van der Waals surface area contributed by atoms with Gasteiger partial charge in [-0.15, -0.1) is 0 Å². The van der Waals surface area contributed by atoms with E-state index >= 15 is 0 Å². The van der Waals surface area contributed by atoms with Crippen LogP contribution in [0.2, 0.25) is 0 Å². The molecule has 4 rings (SSSR count). The van der Waals surface area contributed by atoms with Crippen LogP contribution in [0, 0.1) is 0 Å². The van der Waals surface area contributed by atoms with Gasteiger partial charge in [0.15, 0.2) is 0 Å². The van der Waals surface area contributed by atoms with Gasteiger partial charge >= 0.3 is 0 Å². The molecule has 1 saturated heterocycles. The standard InChI is InChI=1S/C18H20N2O3S/c21-24(22,19-9-11-23-12-10-19)20-13-15-5-1-3-7-17(15)18-8-4-2-6-16(18)14-20/h1-8H,9-14H2. The van der Waals surface area contributed by atoms with Crippen LogP contribution in [0.3, 0.4) is 0 Å². The van der Waals surface area contributed by atoms with Crippen molar-refractivity contribution in [2.24, 2.45) is 0 Å². The first kappa shape index (κ1) is 15.8. The van der Waals surface area contributed by atoms with Gasteiger partial charge in [-0.1, -0.05) is 48.5 Å². The van der Waals surface area contributed by atoms with E-state index in [0.29, 0.717) is 39.4 Å². The summed E-state index contributed by atoms with van der Waals surface area (Å²) in [6.07, 6.45) is 0. The Morgan fingerprint density at radius 1 is 0.750 bits per heavy atom. The van der Waals surface area contributed by atoms with Gasteiger partial charge in [0.2, 0.25) is 0 Å². The first-order valence-electron chi connectivity index (χ1n) is 8.15. The van der Waals surface area contributed by atoms with Crippen molar-refractivity contribution in [2.45, 2.75) is 13.1 Å². The molecule has 0 aromatic heterocycles. The number of benzene rings is 2. The van der Waals surface area contributed by atoms with Gasteiger partial charge < -0.3 is 4.74 Å². The minimum atomic E-state index is -3.51. The van der Waals surface area contributed by atoms with Crippen LogP contribution in [0.15, 0.2) is 48.5 Å². The Hall–Kier alpha value is -1.73. The number of hydrogen-bond donors (Lipinski definition) is 0. The Morgan fingerprint density at radius 2 is 1.25 bits per heavy atom. The number of fused-ring (bicyclic) bond motifs is 3. The highest BCUT2D eigenvalue weighted by Gasteiger charge is 2.33. The van der Waals surface area contributed by atoms with Gasteiger partial charge in [-0.05, 0) is 22.3 Å². The monoisotopic (exact) mass is 344 g/mol. The van der Waals surface area contributed by atoms with E-state index in [1.165, 1.54) is 4.31 Å². The zero-order chi connectivity index (χ0) is 16.6. The molecule has 0 amide bonds. The molecule has 0 bridgehead atoms. The molecule has 6 heteroatoms. The van der Waals surface area contributed by atoms with Gasteiger partial charge in [0.1, 0.15) is 0 Å². The molecule has 0 radical (unpaired) electrons. The average molecular weight is 344 g/mol. The van der Waals surface area contributed by atoms with E-state index in [1.54, 1.807) is 4.31 Å². The molecule has 0 N–H and O–H groups in total. The Kier molecular flexibility index (Phi) is 4.14. The maximum absolute atomic E-state index is 13.1. The van der Waals surface area contributed by atoms with E-state index in [-0.39, 0.29) is 0 Å². The fourth-order valence-electron chi connectivity index (χ4n) is 3.38. The van der Waals surface area contributed by atoms with Crippen LogP contribution < -0.4 is 0 Å². The Morgan fingerprint density at radius 3 is 1.79 bits per heavy atom. The predicted molar refractivity (Wildman–Crippen MR) is 92.4 cm³/mol. The summed E-state index contributed by atoms with van der Waals surface area (Å²) in [6.45, 7) is 2.54. The molecule has 2 aliphatic rings. The molecule has 0 saturated carbocycles. The van der Waals surface area contributed by atoms with Crippen LogP contribution in [-0.2, 0) is 28.0 Å². The third-order valence-electron chi connectivity index (χ3n) is 4.64. The molecule has 0 atom stereocenters. The minimum absolute atomic E-state index is 0.393. The van der Waals surface area contributed by atoms with Crippen molar-refractivity contribution < 1.29 is 13.2 Å². The SMILES string of the molecule is O=S(=O)(N1CCOCC1)N1Cc2ccccc2-c2ccccc2C1. The Bertz CT molecular complexity index is 797. The molecule has 5 nitrogen and oxygen atoms in total. The van der Waals surface area contributed by atoms with Crippen molar-refractivity contribution in [1.29, 1.82) is 0 Å². The molecule has 0 aliphatic carbocycles. The summed E-state index contributed by atoms with van der Waals surface area (Å²) in [5.74, 6) is 0. The van der Waals surface area contributed by atoms with Gasteiger partial charge in [-0.25, -0.2) is 0 Å². The summed E-state index contributed by atoms with van der Waals surface area (Å²) in [5.41, 5.74) is 4.32. The molecule has 2 aromatic carbocycles. The van der Waals surface area contributed by atoms with Crippen LogP contribution in [0.5, 0.6) is 0 Å². The number of rotatable bonds is 2. The largest absolute Gasteiger partial charge is 0.379 e. The molecule has 24 heavy (non-hydrogen) atoms. The third-order valence-corrected chi connectivity index (χ3v) is 6.57. The molecular formula is C18H20N2O3S. The summed E-state index contributed by atoms with van der Waals surface area (Å²) < 4.78 is 34.6. The highest BCUT2D eigenvalue weighted by Crippen LogP contribution is 2.33. The molecule has 0 unspecified atom stereocenters. The quantitative estimate of drug-likeness (QED) is 0.840. The van der Waals surface area contributed by atoms with Gasteiger partial charge in [0.25, 0.3) is 10.2 Å². The smallest absolute Gasteiger partial charge is 0.282 e. The minimum Gasteiger partial charge on any atom is -0.379 e. The predicted octanol–water partition coefficient (Wildman–Crippen LogP) is 2.25. The van der Waals surface area contributed by atoms with Gasteiger partial charge in [-0.2, -0.15) is 17.0 Å². The lowest BCUT2D eigenvalue weighted by molar-refractivity contribution is 0.0698. The summed E-state index contributed by atoms with van der Waals surface area (Å²) in [7, 11) is -3.51. The fourth-order valence-corrected chi connectivity index (χ4v) is 4.92. The number of ether oxygens (including phenoxy) is 1. The average Bonchev–Trinajstić information content (AvgIpc) is 2.80. The second-order valence-corrected chi connectivity index (χ2v) is 8.03. The van der Waals surface area contributed by atoms with Crippen molar-refractivity contribution in [3.63, 3.8) is 0 Å². The third kappa shape index (κ3) is 2.75. The highest BCUT2D eigenvalue weighted by molar-refractivity contribution is 7.86. The lowest BCUT2D eigenvalue weighted by Gasteiger charge is -2.31. The van der Waals surface area contributed by atoms with E-state index in [4.69, 9.17) is 4.74 Å². The molecule has 2 heterocycles. The zero-order valence-electron chi connectivity index (χ0n) is 13.4. The maximum atomic E-state index is 13.1. The lowest BCUT2D eigenvalue weighted by Crippen LogP contribution is -2.47. The van der Waals surface area contributed by atoms with E-state index in [2.05, 4.69) is 12.1 Å². The van der Waals surface area contributed by atoms with Crippen LogP contribution >= 0.6 is 0 Å². The summed E-state index contributed by atoms with van der Waals surface area (Å²) in [4.78, 5) is 0. The molecule has 0 spiro atoms. The molecule has 126 valence electrons. The molecule has 2 aromatic rings. The first-order valence-corrected chi connectivity index (χ1v) is 9.55. The maximum Gasteiger partial charge on any atom is 0.282 e. The van der Waals surface area contributed by atoms with E-state index < -0.39 is 10.2 Å². The van der Waals surface area contributed by atoms with E-state index in [1.807, 2.05) is 36.4 Å². The fraction of sp³-hybridized carbons (Fsp3) is 0.333. The van der Waals surface area contributed by atoms with E-state index in [9.17, 15) is 8.42 Å². The van der Waals surface area contributed by atoms with Crippen LogP contribution in [-0.4, -0.2) is 43.3 Å². The van der Waals surface area contributed by atoms with Gasteiger partial charge in [0.05, 0.1) is 13.2 Å². The van der Waals surface area contributed by atoms with Crippen molar-refractivity contribution >= 4 is 10.2 Å². The first-order chi connectivity index (χ1) is 11.7. The normalized spacial score (nSPS) is 19.3. The number of morpholine rings is 1. The van der Waals surface area contributed by atoms with Crippen LogP contribution in [0.25, 0.3) is 11.1 Å². The topological polar surface area (TPSA) is 49.9 Å². The van der Waals surface area contributed by atoms with Crippen molar-refractivity contribution in [3.05, 3.63) is 59.7 Å². The van der Waals surface area contributed by atoms with Crippen LogP contribution in [0.4, 0.5) is 0 Å². The number of hydrogen-bond acceptors (Lipinski definition) is 3. The second kappa shape index (κ2) is 6.29. The summed E-state index contributed by atoms with van der Waals surface area (Å²) in [6, 6.07) is 16.1. The highest BCUT2D eigenvalue weighted by atomic mass is 32.2. The van der Waals surface area contributed by atoms with Crippen LogP contribution in [0.1, 0.15) is 11.1 Å². The molecular weight excluding hydrogens is 324 g/mol. The Labute approximate surface area is 142 Å². The van der Waals surface area contributed by atoms with Crippen molar-refractivity contribution in [2.75, 3.05) is 26.3 Å². The van der Waals surface area contributed by atoms with Crippen molar-refractivity contribution in [3.8, 4) is 11.1 Å². The van der Waals surface area contributed by atoms with Gasteiger partial charge in [-0.3, -0.25) is 0 Å². The molecule has 2 aliphatic heterocycles. The summed E-state index contributed by atoms with van der Waals surface area (Å²) >= 11 is 0. The van der Waals surface area contributed by atoms with Gasteiger partial charge in [0, 0.05) is 26.2 Å².